The van der Waals surface area contributed by atoms with Gasteiger partial charge in [0.1, 0.15) is 0 Å². The van der Waals surface area contributed by atoms with E-state index in [-0.39, 0.29) is 6.04 Å². The number of hydrogen-bond donors (Lipinski definition) is 1. The van der Waals surface area contributed by atoms with Crippen molar-refractivity contribution in [2.75, 3.05) is 13.1 Å². The van der Waals surface area contributed by atoms with Crippen molar-refractivity contribution in [2.45, 2.75) is 51.7 Å². The molecule has 1 aliphatic rings. The summed E-state index contributed by atoms with van der Waals surface area (Å²) in [5.41, 5.74) is 0. The molecule has 80 valence electrons. The van der Waals surface area contributed by atoms with Gasteiger partial charge in [0.2, 0.25) is 0 Å². The summed E-state index contributed by atoms with van der Waals surface area (Å²) in [6.45, 7) is 8.98. The highest BCUT2D eigenvalue weighted by Gasteiger charge is 2.20. The summed E-state index contributed by atoms with van der Waals surface area (Å²) in [4.78, 5) is 2.53. The fraction of sp³-hybridized carbons (Fsp3) is 0.833. The quantitative estimate of drug-likeness (QED) is 0.684. The fourth-order valence-corrected chi connectivity index (χ4v) is 1.98. The average Bonchev–Trinajstić information content (AvgIpc) is 2.18. The Bertz CT molecular complexity index is 197. The minimum absolute atomic E-state index is 0.214. The second-order valence-electron chi connectivity index (χ2n) is 4.46. The van der Waals surface area contributed by atoms with Crippen LogP contribution in [-0.4, -0.2) is 36.1 Å². The Morgan fingerprint density at radius 1 is 1.29 bits per heavy atom. The molecule has 1 heterocycles. The van der Waals surface area contributed by atoms with E-state index in [2.05, 4.69) is 36.9 Å². The maximum atomic E-state index is 5.34. The smallest absolute Gasteiger partial charge is 0.0660 e. The zero-order valence-electron chi connectivity index (χ0n) is 9.59. The van der Waals surface area contributed by atoms with Crippen LogP contribution in [0.15, 0.2) is 0 Å². The summed E-state index contributed by atoms with van der Waals surface area (Å²) in [5.74, 6) is 2.72. The molecule has 1 atom stereocenters. The van der Waals surface area contributed by atoms with Gasteiger partial charge in [0.05, 0.1) is 6.04 Å². The molecule has 1 rings (SSSR count). The van der Waals surface area contributed by atoms with E-state index in [9.17, 15) is 0 Å². The molecule has 0 aliphatic carbocycles. The van der Waals surface area contributed by atoms with Crippen molar-refractivity contribution in [1.82, 2.24) is 10.2 Å². The molecule has 2 heteroatoms. The van der Waals surface area contributed by atoms with Gasteiger partial charge in [-0.15, -0.1) is 6.42 Å². The lowest BCUT2D eigenvalue weighted by atomic mass is 10.0. The van der Waals surface area contributed by atoms with E-state index in [1.54, 1.807) is 0 Å². The molecule has 1 saturated heterocycles. The predicted molar refractivity (Wildman–Crippen MR) is 61.2 cm³/mol. The van der Waals surface area contributed by atoms with E-state index in [4.69, 9.17) is 6.42 Å². The van der Waals surface area contributed by atoms with E-state index in [1.807, 2.05) is 0 Å². The second-order valence-corrected chi connectivity index (χ2v) is 4.46. The minimum atomic E-state index is 0.214. The van der Waals surface area contributed by atoms with Crippen molar-refractivity contribution in [2.24, 2.45) is 0 Å². The van der Waals surface area contributed by atoms with Crippen LogP contribution in [0.1, 0.15) is 33.6 Å². The van der Waals surface area contributed by atoms with Crippen LogP contribution < -0.4 is 5.32 Å². The van der Waals surface area contributed by atoms with E-state index in [0.29, 0.717) is 12.1 Å². The third kappa shape index (κ3) is 3.32. The fourth-order valence-electron chi connectivity index (χ4n) is 1.98. The van der Waals surface area contributed by atoms with Gasteiger partial charge in [-0.3, -0.25) is 0 Å². The van der Waals surface area contributed by atoms with Crippen molar-refractivity contribution in [1.29, 1.82) is 0 Å². The average molecular weight is 194 g/mol. The zero-order chi connectivity index (χ0) is 10.6. The molecular weight excluding hydrogens is 172 g/mol. The first-order valence-electron chi connectivity index (χ1n) is 5.59. The van der Waals surface area contributed by atoms with Crippen molar-refractivity contribution < 1.29 is 0 Å². The number of rotatable bonds is 3. The highest BCUT2D eigenvalue weighted by molar-refractivity contribution is 4.97. The van der Waals surface area contributed by atoms with Crippen LogP contribution in [0.25, 0.3) is 0 Å². The van der Waals surface area contributed by atoms with Gasteiger partial charge in [0.15, 0.2) is 0 Å². The summed E-state index contributed by atoms with van der Waals surface area (Å²) in [7, 11) is 0. The summed E-state index contributed by atoms with van der Waals surface area (Å²) in [6.07, 6.45) is 7.79. The van der Waals surface area contributed by atoms with Crippen molar-refractivity contribution in [3.63, 3.8) is 0 Å². The Morgan fingerprint density at radius 2 is 1.86 bits per heavy atom. The van der Waals surface area contributed by atoms with E-state index in [1.165, 1.54) is 25.9 Å². The molecule has 0 aromatic carbocycles. The normalized spacial score (nSPS) is 22.2. The Kier molecular flexibility index (Phi) is 4.44. The largest absolute Gasteiger partial charge is 0.301 e. The van der Waals surface area contributed by atoms with Crippen molar-refractivity contribution >= 4 is 0 Å². The van der Waals surface area contributed by atoms with Crippen LogP contribution >= 0.6 is 0 Å². The molecule has 0 radical (unpaired) electrons. The number of terminal acetylenes is 1. The van der Waals surface area contributed by atoms with E-state index < -0.39 is 0 Å². The lowest BCUT2D eigenvalue weighted by Gasteiger charge is -2.35. The highest BCUT2D eigenvalue weighted by atomic mass is 15.2. The van der Waals surface area contributed by atoms with Crippen LogP contribution in [0, 0.1) is 12.3 Å². The molecule has 1 aliphatic heterocycles. The van der Waals surface area contributed by atoms with Crippen LogP contribution in [0.4, 0.5) is 0 Å². The zero-order valence-corrected chi connectivity index (χ0v) is 9.59. The molecular formula is C12H22N2. The van der Waals surface area contributed by atoms with E-state index in [0.717, 1.165) is 0 Å². The maximum Gasteiger partial charge on any atom is 0.0660 e. The topological polar surface area (TPSA) is 15.3 Å². The van der Waals surface area contributed by atoms with Crippen molar-refractivity contribution in [3.05, 3.63) is 0 Å². The van der Waals surface area contributed by atoms with Gasteiger partial charge in [-0.2, -0.15) is 0 Å². The summed E-state index contributed by atoms with van der Waals surface area (Å²) in [6, 6.07) is 1.52. The number of hydrogen-bond acceptors (Lipinski definition) is 2. The monoisotopic (exact) mass is 194 g/mol. The maximum absolute atomic E-state index is 5.34. The lowest BCUT2D eigenvalue weighted by Crippen LogP contribution is -2.46. The van der Waals surface area contributed by atoms with Gasteiger partial charge in [-0.25, -0.2) is 0 Å². The van der Waals surface area contributed by atoms with Gasteiger partial charge in [-0.1, -0.05) is 5.92 Å². The molecule has 0 aromatic heterocycles. The number of likely N-dealkylation sites (tertiary alicyclic amines) is 1. The number of nitrogens with zero attached hydrogens (tertiary/aromatic N) is 1. The number of piperidine rings is 1. The molecule has 0 spiro atoms. The standard InChI is InChI=1S/C12H22N2/c1-5-11(4)13-12-6-8-14(9-7-12)10(2)3/h1,10-13H,6-9H2,2-4H3. The number of nitrogens with one attached hydrogen (secondary N) is 1. The van der Waals surface area contributed by atoms with Crippen LogP contribution in [0.2, 0.25) is 0 Å². The first-order valence-corrected chi connectivity index (χ1v) is 5.59. The first-order chi connectivity index (χ1) is 6.63. The van der Waals surface area contributed by atoms with Crippen LogP contribution in [0.5, 0.6) is 0 Å². The van der Waals surface area contributed by atoms with Gasteiger partial charge in [-0.05, 0) is 46.7 Å². The van der Waals surface area contributed by atoms with Crippen LogP contribution in [-0.2, 0) is 0 Å². The summed E-state index contributed by atoms with van der Waals surface area (Å²) < 4.78 is 0. The summed E-state index contributed by atoms with van der Waals surface area (Å²) in [5, 5.41) is 3.47. The molecule has 0 amide bonds. The van der Waals surface area contributed by atoms with Gasteiger partial charge in [0, 0.05) is 12.1 Å². The Labute approximate surface area is 88.1 Å². The Morgan fingerprint density at radius 3 is 2.29 bits per heavy atom. The lowest BCUT2D eigenvalue weighted by molar-refractivity contribution is 0.160. The molecule has 1 N–H and O–H groups in total. The molecule has 0 saturated carbocycles. The molecule has 2 nitrogen and oxygen atoms in total. The third-order valence-electron chi connectivity index (χ3n) is 3.00. The third-order valence-corrected chi connectivity index (χ3v) is 3.00. The predicted octanol–water partition coefficient (Wildman–Crippen LogP) is 1.47. The minimum Gasteiger partial charge on any atom is -0.301 e. The van der Waals surface area contributed by atoms with Gasteiger partial charge < -0.3 is 10.2 Å². The highest BCUT2D eigenvalue weighted by Crippen LogP contribution is 2.13. The molecule has 0 aromatic rings. The molecule has 1 fully saturated rings. The van der Waals surface area contributed by atoms with Crippen molar-refractivity contribution in [3.8, 4) is 12.3 Å². The molecule has 1 unspecified atom stereocenters. The van der Waals surface area contributed by atoms with Gasteiger partial charge >= 0.3 is 0 Å². The van der Waals surface area contributed by atoms with E-state index >= 15 is 0 Å². The Hall–Kier alpha value is -0.520. The second kappa shape index (κ2) is 5.38. The molecule has 0 bridgehead atoms. The van der Waals surface area contributed by atoms with Gasteiger partial charge in [0.25, 0.3) is 0 Å². The summed E-state index contributed by atoms with van der Waals surface area (Å²) >= 11 is 0. The molecule has 14 heavy (non-hydrogen) atoms. The Balaban J connectivity index is 2.26. The SMILES string of the molecule is C#CC(C)NC1CCN(C(C)C)CC1. The van der Waals surface area contributed by atoms with Crippen LogP contribution in [0.3, 0.4) is 0 Å². The first kappa shape index (κ1) is 11.6.